The molecule has 7 nitrogen and oxygen atoms in total. The first-order valence-corrected chi connectivity index (χ1v) is 11.4. The second-order valence-corrected chi connectivity index (χ2v) is 9.15. The minimum atomic E-state index is -2.47. The monoisotopic (exact) mass is 489 g/mol. The number of nitrogens with one attached hydrogen (secondary N) is 1. The third-order valence-corrected chi connectivity index (χ3v) is 5.83. The molecular formula is C24H29F2N5O2S. The van der Waals surface area contributed by atoms with Crippen molar-refractivity contribution in [2.75, 3.05) is 11.9 Å². The van der Waals surface area contributed by atoms with Crippen molar-refractivity contribution in [2.24, 2.45) is 5.92 Å². The molecule has 3 aromatic heterocycles. The summed E-state index contributed by atoms with van der Waals surface area (Å²) in [4.78, 5) is 8.90. The molecule has 4 aromatic rings. The lowest BCUT2D eigenvalue weighted by Gasteiger charge is -2.17. The van der Waals surface area contributed by atoms with Gasteiger partial charge in [0.25, 0.3) is 6.43 Å². The minimum absolute atomic E-state index is 0. The summed E-state index contributed by atoms with van der Waals surface area (Å²) in [7, 11) is 0. The SMILES string of the molecule is C.CC(C)C[C@H](CO)Nc1nc2ccc(Oc3ccnc(-c4cnn(CC(F)F)c4)c3)cc2s1. The second-order valence-electron chi connectivity index (χ2n) is 8.12. The number of alkyl halides is 2. The van der Waals surface area contributed by atoms with Gasteiger partial charge in [0.05, 0.1) is 34.8 Å². The zero-order chi connectivity index (χ0) is 23.4. The number of benzene rings is 1. The van der Waals surface area contributed by atoms with Gasteiger partial charge in [-0.05, 0) is 30.5 Å². The maximum Gasteiger partial charge on any atom is 0.257 e. The van der Waals surface area contributed by atoms with E-state index in [9.17, 15) is 13.9 Å². The van der Waals surface area contributed by atoms with Gasteiger partial charge in [0.1, 0.15) is 18.0 Å². The van der Waals surface area contributed by atoms with Crippen LogP contribution >= 0.6 is 11.3 Å². The first-order chi connectivity index (χ1) is 15.9. The predicted molar refractivity (Wildman–Crippen MR) is 132 cm³/mol. The van der Waals surface area contributed by atoms with Crippen LogP contribution in [0.1, 0.15) is 27.7 Å². The Morgan fingerprint density at radius 1 is 1.18 bits per heavy atom. The fraction of sp³-hybridized carbons (Fsp3) is 0.375. The lowest BCUT2D eigenvalue weighted by atomic mass is 10.0. The van der Waals surface area contributed by atoms with E-state index in [-0.39, 0.29) is 20.1 Å². The number of anilines is 1. The maximum atomic E-state index is 12.6. The summed E-state index contributed by atoms with van der Waals surface area (Å²) in [6.07, 6.45) is 3.03. The molecule has 34 heavy (non-hydrogen) atoms. The number of aromatic nitrogens is 4. The molecule has 0 spiro atoms. The molecule has 182 valence electrons. The van der Waals surface area contributed by atoms with Gasteiger partial charge in [-0.25, -0.2) is 13.8 Å². The summed E-state index contributed by atoms with van der Waals surface area (Å²) in [6, 6.07) is 9.07. The van der Waals surface area contributed by atoms with Crippen molar-refractivity contribution in [3.63, 3.8) is 0 Å². The molecule has 3 heterocycles. The van der Waals surface area contributed by atoms with Crippen molar-refractivity contribution in [1.29, 1.82) is 0 Å². The lowest BCUT2D eigenvalue weighted by Crippen LogP contribution is -2.25. The molecule has 1 atom stereocenters. The Balaban J connectivity index is 0.00000324. The zero-order valence-corrected chi connectivity index (χ0v) is 19.1. The van der Waals surface area contributed by atoms with Crippen molar-refractivity contribution >= 4 is 26.7 Å². The molecule has 4 rings (SSSR count). The number of nitrogens with zero attached hydrogens (tertiary/aromatic N) is 4. The maximum absolute atomic E-state index is 12.6. The van der Waals surface area contributed by atoms with Gasteiger partial charge in [0.2, 0.25) is 0 Å². The Morgan fingerprint density at radius 3 is 2.71 bits per heavy atom. The van der Waals surface area contributed by atoms with E-state index in [0.717, 1.165) is 21.8 Å². The standard InChI is InChI=1S/C23H25F2N5O2S.CH4/c1-14(2)7-16(13-31)28-23-29-19-4-3-17(9-21(19)33-23)32-18-5-6-26-20(8-18)15-10-27-30(11-15)12-22(24)25;/h3-6,8-11,14,16,22,31H,7,12-13H2,1-2H3,(H,28,29);1H4/t16-;/m1./s1. The van der Waals surface area contributed by atoms with E-state index in [1.165, 1.54) is 28.4 Å². The molecule has 0 aliphatic rings. The number of halogens is 2. The van der Waals surface area contributed by atoms with E-state index in [0.29, 0.717) is 28.7 Å². The van der Waals surface area contributed by atoms with E-state index >= 15 is 0 Å². The summed E-state index contributed by atoms with van der Waals surface area (Å²) < 4.78 is 33.3. The highest BCUT2D eigenvalue weighted by atomic mass is 32.1. The van der Waals surface area contributed by atoms with Crippen molar-refractivity contribution in [1.82, 2.24) is 19.7 Å². The van der Waals surface area contributed by atoms with Crippen molar-refractivity contribution in [2.45, 2.75) is 46.7 Å². The van der Waals surface area contributed by atoms with E-state index < -0.39 is 13.0 Å². The van der Waals surface area contributed by atoms with Crippen molar-refractivity contribution < 1.29 is 18.6 Å². The number of ether oxygens (including phenoxy) is 1. The molecule has 0 saturated carbocycles. The number of hydrogen-bond donors (Lipinski definition) is 2. The average molecular weight is 490 g/mol. The van der Waals surface area contributed by atoms with Crippen LogP contribution in [0.25, 0.3) is 21.5 Å². The summed E-state index contributed by atoms with van der Waals surface area (Å²) in [5.41, 5.74) is 2.06. The van der Waals surface area contributed by atoms with E-state index in [4.69, 9.17) is 4.74 Å². The van der Waals surface area contributed by atoms with Crippen LogP contribution in [0.15, 0.2) is 48.9 Å². The average Bonchev–Trinajstić information content (AvgIpc) is 3.39. The lowest BCUT2D eigenvalue weighted by molar-refractivity contribution is 0.122. The van der Waals surface area contributed by atoms with Gasteiger partial charge in [0, 0.05) is 30.1 Å². The molecule has 0 aliphatic heterocycles. The first-order valence-electron chi connectivity index (χ1n) is 10.6. The van der Waals surface area contributed by atoms with Crippen LogP contribution in [0.5, 0.6) is 11.5 Å². The predicted octanol–water partition coefficient (Wildman–Crippen LogP) is 6.07. The fourth-order valence-corrected chi connectivity index (χ4v) is 4.43. The molecule has 0 fully saturated rings. The molecule has 10 heteroatoms. The highest BCUT2D eigenvalue weighted by Crippen LogP contribution is 2.32. The van der Waals surface area contributed by atoms with E-state index in [2.05, 4.69) is 34.2 Å². The van der Waals surface area contributed by atoms with Crippen LogP contribution < -0.4 is 10.1 Å². The highest BCUT2D eigenvalue weighted by molar-refractivity contribution is 7.22. The number of aliphatic hydroxyl groups is 1. The fourth-order valence-electron chi connectivity index (χ4n) is 3.46. The van der Waals surface area contributed by atoms with E-state index in [1.54, 1.807) is 18.3 Å². The molecule has 0 aliphatic carbocycles. The smallest absolute Gasteiger partial charge is 0.257 e. The van der Waals surface area contributed by atoms with Crippen LogP contribution in [0.4, 0.5) is 13.9 Å². The molecule has 0 amide bonds. The molecule has 0 saturated heterocycles. The number of rotatable bonds is 10. The summed E-state index contributed by atoms with van der Waals surface area (Å²) in [5.74, 6) is 1.68. The molecule has 0 bridgehead atoms. The Morgan fingerprint density at radius 2 is 1.97 bits per heavy atom. The number of pyridine rings is 1. The van der Waals surface area contributed by atoms with Crippen molar-refractivity contribution in [3.8, 4) is 22.8 Å². The third kappa shape index (κ3) is 6.48. The topological polar surface area (TPSA) is 85.1 Å². The Kier molecular flexibility index (Phi) is 8.51. The van der Waals surface area contributed by atoms with Gasteiger partial charge in [-0.3, -0.25) is 9.67 Å². The summed E-state index contributed by atoms with van der Waals surface area (Å²) in [6.45, 7) is 3.82. The first kappa shape index (κ1) is 25.5. The largest absolute Gasteiger partial charge is 0.457 e. The highest BCUT2D eigenvalue weighted by Gasteiger charge is 2.13. The molecule has 0 radical (unpaired) electrons. The molecule has 1 aromatic carbocycles. The number of aliphatic hydroxyl groups excluding tert-OH is 1. The normalized spacial score (nSPS) is 12.2. The number of fused-ring (bicyclic) bond motifs is 1. The number of hydrogen-bond acceptors (Lipinski definition) is 7. The molecule has 2 N–H and O–H groups in total. The summed E-state index contributed by atoms with van der Waals surface area (Å²) >= 11 is 1.50. The quantitative estimate of drug-likeness (QED) is 0.281. The van der Waals surface area contributed by atoms with Crippen LogP contribution in [-0.2, 0) is 6.54 Å². The van der Waals surface area contributed by atoms with Gasteiger partial charge < -0.3 is 15.2 Å². The molecular weight excluding hydrogens is 460 g/mol. The van der Waals surface area contributed by atoms with Crippen LogP contribution in [0.2, 0.25) is 0 Å². The van der Waals surface area contributed by atoms with Gasteiger partial charge in [0.15, 0.2) is 5.13 Å². The van der Waals surface area contributed by atoms with E-state index in [1.807, 2.05) is 18.2 Å². The summed E-state index contributed by atoms with van der Waals surface area (Å²) in [5, 5.41) is 17.6. The minimum Gasteiger partial charge on any atom is -0.457 e. The van der Waals surface area contributed by atoms with Gasteiger partial charge >= 0.3 is 0 Å². The Labute approximate surface area is 201 Å². The van der Waals surface area contributed by atoms with Crippen LogP contribution in [-0.4, -0.2) is 43.9 Å². The zero-order valence-electron chi connectivity index (χ0n) is 18.3. The Bertz CT molecular complexity index is 1210. The molecule has 0 unspecified atom stereocenters. The van der Waals surface area contributed by atoms with Gasteiger partial charge in [-0.1, -0.05) is 32.6 Å². The van der Waals surface area contributed by atoms with Crippen LogP contribution in [0, 0.1) is 5.92 Å². The van der Waals surface area contributed by atoms with Crippen molar-refractivity contribution in [3.05, 3.63) is 48.9 Å². The second kappa shape index (κ2) is 11.3. The Hall–Kier alpha value is -3.11. The third-order valence-electron chi connectivity index (χ3n) is 4.88. The van der Waals surface area contributed by atoms with Gasteiger partial charge in [-0.2, -0.15) is 5.10 Å². The van der Waals surface area contributed by atoms with Crippen LogP contribution in [0.3, 0.4) is 0 Å². The van der Waals surface area contributed by atoms with Gasteiger partial charge in [-0.15, -0.1) is 0 Å². The number of thiazole rings is 1.